The van der Waals surface area contributed by atoms with Crippen LogP contribution in [0.5, 0.6) is 11.5 Å². The molecule has 0 saturated carbocycles. The van der Waals surface area contributed by atoms with E-state index >= 15 is 0 Å². The number of piperazine rings is 1. The van der Waals surface area contributed by atoms with Gasteiger partial charge in [-0.05, 0) is 31.2 Å². The van der Waals surface area contributed by atoms with E-state index in [1.807, 2.05) is 37.3 Å². The number of carbonyl (C=O) groups is 1. The van der Waals surface area contributed by atoms with Crippen LogP contribution in [0.3, 0.4) is 0 Å². The van der Waals surface area contributed by atoms with E-state index in [0.717, 1.165) is 30.1 Å². The summed E-state index contributed by atoms with van der Waals surface area (Å²) in [5, 5.41) is 2.94. The maximum atomic E-state index is 12.8. The standard InChI is InChI=1S/C24H28N4O4/c1-17-21(25-23(32-17)18-7-5-4-6-8-18)16-27-11-13-28(14-12-27)24(29)26-20-15-19(30-2)9-10-22(20)31-3/h4-10,15H,11-14,16H2,1-3H3,(H,26,29). The molecular formula is C24H28N4O4. The highest BCUT2D eigenvalue weighted by atomic mass is 16.5. The van der Waals surface area contributed by atoms with Crippen LogP contribution in [0, 0.1) is 6.92 Å². The molecule has 8 nitrogen and oxygen atoms in total. The third kappa shape index (κ3) is 4.86. The highest BCUT2D eigenvalue weighted by molar-refractivity contribution is 5.91. The van der Waals surface area contributed by atoms with Crippen LogP contribution in [0.2, 0.25) is 0 Å². The quantitative estimate of drug-likeness (QED) is 0.629. The van der Waals surface area contributed by atoms with Gasteiger partial charge in [0.1, 0.15) is 17.3 Å². The molecule has 0 radical (unpaired) electrons. The summed E-state index contributed by atoms with van der Waals surface area (Å²) in [4.78, 5) is 21.6. The number of hydrogen-bond donors (Lipinski definition) is 1. The number of urea groups is 1. The second-order valence-corrected chi connectivity index (χ2v) is 7.65. The van der Waals surface area contributed by atoms with Crippen molar-refractivity contribution in [3.05, 3.63) is 60.0 Å². The van der Waals surface area contributed by atoms with Crippen LogP contribution < -0.4 is 14.8 Å². The van der Waals surface area contributed by atoms with Crippen molar-refractivity contribution >= 4 is 11.7 Å². The minimum atomic E-state index is -0.153. The lowest BCUT2D eigenvalue weighted by Crippen LogP contribution is -2.49. The highest BCUT2D eigenvalue weighted by Crippen LogP contribution is 2.29. The molecule has 8 heteroatoms. The Morgan fingerprint density at radius 1 is 1.06 bits per heavy atom. The van der Waals surface area contributed by atoms with Crippen molar-refractivity contribution in [3.8, 4) is 23.0 Å². The number of carbonyl (C=O) groups excluding carboxylic acids is 1. The van der Waals surface area contributed by atoms with Crippen molar-refractivity contribution in [2.24, 2.45) is 0 Å². The molecule has 0 spiro atoms. The molecule has 1 N–H and O–H groups in total. The minimum absolute atomic E-state index is 0.153. The average Bonchev–Trinajstić information content (AvgIpc) is 3.20. The molecule has 0 atom stereocenters. The number of methoxy groups -OCH3 is 2. The fourth-order valence-electron chi connectivity index (χ4n) is 3.71. The summed E-state index contributed by atoms with van der Waals surface area (Å²) in [7, 11) is 3.16. The zero-order chi connectivity index (χ0) is 22.5. The number of benzene rings is 2. The maximum absolute atomic E-state index is 12.8. The molecule has 0 bridgehead atoms. The third-order valence-electron chi connectivity index (χ3n) is 5.59. The Morgan fingerprint density at radius 3 is 2.50 bits per heavy atom. The van der Waals surface area contributed by atoms with Gasteiger partial charge in [-0.3, -0.25) is 4.90 Å². The topological polar surface area (TPSA) is 80.1 Å². The maximum Gasteiger partial charge on any atom is 0.322 e. The molecule has 0 aliphatic carbocycles. The molecule has 4 rings (SSSR count). The van der Waals surface area contributed by atoms with Crippen LogP contribution in [0.15, 0.2) is 52.9 Å². The normalized spacial score (nSPS) is 14.3. The van der Waals surface area contributed by atoms with Crippen molar-refractivity contribution in [2.75, 3.05) is 45.7 Å². The molecule has 168 valence electrons. The summed E-state index contributed by atoms with van der Waals surface area (Å²) in [6.07, 6.45) is 0. The number of anilines is 1. The zero-order valence-corrected chi connectivity index (χ0v) is 18.6. The van der Waals surface area contributed by atoms with Gasteiger partial charge in [0.2, 0.25) is 5.89 Å². The molecule has 3 aromatic rings. The van der Waals surface area contributed by atoms with Gasteiger partial charge in [0.05, 0.1) is 25.6 Å². The van der Waals surface area contributed by atoms with E-state index < -0.39 is 0 Å². The number of amides is 2. The number of nitrogens with one attached hydrogen (secondary N) is 1. The Bertz CT molecular complexity index is 1060. The summed E-state index contributed by atoms with van der Waals surface area (Å²) in [5.41, 5.74) is 2.49. The number of nitrogens with zero attached hydrogens (tertiary/aromatic N) is 3. The monoisotopic (exact) mass is 436 g/mol. The second kappa shape index (κ2) is 9.74. The lowest BCUT2D eigenvalue weighted by Gasteiger charge is -2.34. The summed E-state index contributed by atoms with van der Waals surface area (Å²) >= 11 is 0. The Balaban J connectivity index is 1.34. The second-order valence-electron chi connectivity index (χ2n) is 7.65. The molecule has 1 aliphatic heterocycles. The summed E-state index contributed by atoms with van der Waals surface area (Å²) in [5.74, 6) is 2.72. The van der Waals surface area contributed by atoms with Gasteiger partial charge in [-0.25, -0.2) is 9.78 Å². The Morgan fingerprint density at radius 2 is 1.81 bits per heavy atom. The number of rotatable bonds is 6. The van der Waals surface area contributed by atoms with Crippen LogP contribution in [0.25, 0.3) is 11.5 Å². The molecule has 1 saturated heterocycles. The lowest BCUT2D eigenvalue weighted by molar-refractivity contribution is 0.141. The zero-order valence-electron chi connectivity index (χ0n) is 18.6. The van der Waals surface area contributed by atoms with E-state index in [9.17, 15) is 4.79 Å². The molecule has 1 fully saturated rings. The van der Waals surface area contributed by atoms with Crippen molar-refractivity contribution in [1.82, 2.24) is 14.8 Å². The minimum Gasteiger partial charge on any atom is -0.497 e. The van der Waals surface area contributed by atoms with E-state index in [1.165, 1.54) is 0 Å². The highest BCUT2D eigenvalue weighted by Gasteiger charge is 2.24. The first-order valence-electron chi connectivity index (χ1n) is 10.6. The van der Waals surface area contributed by atoms with Crippen molar-refractivity contribution in [3.63, 3.8) is 0 Å². The lowest BCUT2D eigenvalue weighted by atomic mass is 10.2. The van der Waals surface area contributed by atoms with Crippen LogP contribution >= 0.6 is 0 Å². The number of aryl methyl sites for hydroxylation is 1. The van der Waals surface area contributed by atoms with Crippen molar-refractivity contribution in [2.45, 2.75) is 13.5 Å². The molecule has 2 aromatic carbocycles. The van der Waals surface area contributed by atoms with Crippen molar-refractivity contribution < 1.29 is 18.7 Å². The van der Waals surface area contributed by atoms with Crippen LogP contribution in [-0.4, -0.2) is 61.2 Å². The van der Waals surface area contributed by atoms with Crippen LogP contribution in [0.1, 0.15) is 11.5 Å². The predicted octanol–water partition coefficient (Wildman–Crippen LogP) is 4.02. The Labute approximate surface area is 187 Å². The first-order chi connectivity index (χ1) is 15.6. The van der Waals surface area contributed by atoms with E-state index in [2.05, 4.69) is 10.2 Å². The van der Waals surface area contributed by atoms with Gasteiger partial charge in [-0.1, -0.05) is 18.2 Å². The molecule has 32 heavy (non-hydrogen) atoms. The first kappa shape index (κ1) is 21.7. The first-order valence-corrected chi connectivity index (χ1v) is 10.6. The molecular weight excluding hydrogens is 408 g/mol. The largest absolute Gasteiger partial charge is 0.497 e. The predicted molar refractivity (Wildman–Crippen MR) is 122 cm³/mol. The van der Waals surface area contributed by atoms with E-state index in [4.69, 9.17) is 18.9 Å². The summed E-state index contributed by atoms with van der Waals surface area (Å²) in [6, 6.07) is 15.1. The summed E-state index contributed by atoms with van der Waals surface area (Å²) in [6.45, 7) is 5.41. The number of aromatic nitrogens is 1. The van der Waals surface area contributed by atoms with E-state index in [0.29, 0.717) is 42.7 Å². The van der Waals surface area contributed by atoms with E-state index in [1.54, 1.807) is 37.3 Å². The van der Waals surface area contributed by atoms with Gasteiger partial charge in [0.25, 0.3) is 0 Å². The molecule has 2 amide bonds. The fraction of sp³-hybridized carbons (Fsp3) is 0.333. The van der Waals surface area contributed by atoms with Gasteiger partial charge in [-0.15, -0.1) is 0 Å². The van der Waals surface area contributed by atoms with Gasteiger partial charge < -0.3 is 24.1 Å². The Hall–Kier alpha value is -3.52. The van der Waals surface area contributed by atoms with Crippen LogP contribution in [-0.2, 0) is 6.54 Å². The smallest absolute Gasteiger partial charge is 0.322 e. The Kier molecular flexibility index (Phi) is 6.61. The van der Waals surface area contributed by atoms with Crippen molar-refractivity contribution in [1.29, 1.82) is 0 Å². The van der Waals surface area contributed by atoms with E-state index in [-0.39, 0.29) is 6.03 Å². The van der Waals surface area contributed by atoms with Gasteiger partial charge >= 0.3 is 6.03 Å². The number of ether oxygens (including phenoxy) is 2. The fourth-order valence-corrected chi connectivity index (χ4v) is 3.71. The molecule has 2 heterocycles. The molecule has 0 unspecified atom stereocenters. The SMILES string of the molecule is COc1ccc(OC)c(NC(=O)N2CCN(Cc3nc(-c4ccccc4)oc3C)CC2)c1. The summed E-state index contributed by atoms with van der Waals surface area (Å²) < 4.78 is 16.5. The molecule has 1 aliphatic rings. The van der Waals surface area contributed by atoms with Gasteiger partial charge in [-0.2, -0.15) is 0 Å². The average molecular weight is 437 g/mol. The van der Waals surface area contributed by atoms with Gasteiger partial charge in [0, 0.05) is 44.4 Å². The third-order valence-corrected chi connectivity index (χ3v) is 5.59. The number of hydrogen-bond acceptors (Lipinski definition) is 6. The van der Waals surface area contributed by atoms with Gasteiger partial charge in [0.15, 0.2) is 0 Å². The number of oxazole rings is 1. The molecule has 1 aromatic heterocycles. The van der Waals surface area contributed by atoms with Crippen LogP contribution in [0.4, 0.5) is 10.5 Å².